The van der Waals surface area contributed by atoms with E-state index in [1.807, 2.05) is 0 Å². The van der Waals surface area contributed by atoms with Crippen LogP contribution in [0.25, 0.3) is 0 Å². The van der Waals surface area contributed by atoms with Gasteiger partial charge in [0.25, 0.3) is 5.91 Å². The number of nitrogens with one attached hydrogen (secondary N) is 3. The van der Waals surface area contributed by atoms with Crippen molar-refractivity contribution in [3.05, 3.63) is 48.0 Å². The predicted molar refractivity (Wildman–Crippen MR) is 115 cm³/mol. The highest BCUT2D eigenvalue weighted by Gasteiger charge is 2.29. The van der Waals surface area contributed by atoms with Gasteiger partial charge in [-0.25, -0.2) is 21.6 Å². The molecule has 0 unspecified atom stereocenters. The molecule has 1 aliphatic rings. The van der Waals surface area contributed by atoms with Gasteiger partial charge in [0.15, 0.2) is 0 Å². The minimum Gasteiger partial charge on any atom is -0.495 e. The van der Waals surface area contributed by atoms with Gasteiger partial charge in [0.05, 0.1) is 18.6 Å². The number of amides is 2. The van der Waals surface area contributed by atoms with Crippen LogP contribution < -0.4 is 20.1 Å². The van der Waals surface area contributed by atoms with E-state index >= 15 is 0 Å². The number of carbonyl (C=O) groups excluding carboxylic acids is 2. The van der Waals surface area contributed by atoms with Crippen molar-refractivity contribution in [1.29, 1.82) is 0 Å². The minimum absolute atomic E-state index is 0.0283. The van der Waals surface area contributed by atoms with E-state index in [2.05, 4.69) is 15.4 Å². The molecule has 0 aliphatic carbocycles. The summed E-state index contributed by atoms with van der Waals surface area (Å²) in [5.41, 5.74) is 0.215. The zero-order chi connectivity index (χ0) is 23.5. The quantitative estimate of drug-likeness (QED) is 0.502. The van der Waals surface area contributed by atoms with Crippen molar-refractivity contribution in [1.82, 2.24) is 14.3 Å². The van der Waals surface area contributed by atoms with Crippen molar-refractivity contribution in [2.24, 2.45) is 0 Å². The molecule has 1 fully saturated rings. The molecule has 0 atom stereocenters. The molecule has 0 aromatic heterocycles. The van der Waals surface area contributed by atoms with E-state index in [4.69, 9.17) is 4.74 Å². The molecule has 3 rings (SSSR count). The summed E-state index contributed by atoms with van der Waals surface area (Å²) in [4.78, 5) is 24.0. The Labute approximate surface area is 185 Å². The van der Waals surface area contributed by atoms with Crippen molar-refractivity contribution in [3.8, 4) is 5.75 Å². The van der Waals surface area contributed by atoms with Gasteiger partial charge in [0, 0.05) is 24.3 Å². The number of nitrogens with zero attached hydrogens (tertiary/aromatic N) is 1. The van der Waals surface area contributed by atoms with Gasteiger partial charge >= 0.3 is 0 Å². The first-order valence-electron chi connectivity index (χ1n) is 9.38. The lowest BCUT2D eigenvalue weighted by Gasteiger charge is -2.26. The number of ether oxygens (including phenoxy) is 1. The average Bonchev–Trinajstić information content (AvgIpc) is 2.78. The minimum atomic E-state index is -3.94. The van der Waals surface area contributed by atoms with E-state index in [0.717, 1.165) is 10.4 Å². The maximum Gasteiger partial charge on any atom is 0.255 e. The maximum atomic E-state index is 12.8. The molecule has 2 aromatic carbocycles. The van der Waals surface area contributed by atoms with Gasteiger partial charge in [-0.1, -0.05) is 6.07 Å². The fourth-order valence-electron chi connectivity index (χ4n) is 3.04. The van der Waals surface area contributed by atoms with Crippen molar-refractivity contribution >= 4 is 37.5 Å². The molecular weight excluding hydrogens is 460 g/mol. The van der Waals surface area contributed by atoms with E-state index < -0.39 is 31.9 Å². The van der Waals surface area contributed by atoms with Gasteiger partial charge < -0.3 is 15.4 Å². The Balaban J connectivity index is 1.87. The summed E-state index contributed by atoms with van der Waals surface area (Å²) in [5.74, 6) is -0.974. The molecule has 0 spiro atoms. The zero-order valence-electron chi connectivity index (χ0n) is 17.3. The molecular formula is C19H22N4O7S2. The lowest BCUT2D eigenvalue weighted by molar-refractivity contribution is -0.122. The molecule has 32 heavy (non-hydrogen) atoms. The lowest BCUT2D eigenvalue weighted by atomic mass is 10.2. The Hall–Kier alpha value is -3.00. The third-order valence-electron chi connectivity index (χ3n) is 4.72. The summed E-state index contributed by atoms with van der Waals surface area (Å²) in [6.45, 7) is 0.0660. The highest BCUT2D eigenvalue weighted by molar-refractivity contribution is 7.89. The SMILES string of the molecule is CNS(=O)(=O)c1cc(C(=O)Nc2cccc(S(=O)(=O)N3CCNC(=O)C3)c2)ccc1OC. The first-order chi connectivity index (χ1) is 15.1. The summed E-state index contributed by atoms with van der Waals surface area (Å²) >= 11 is 0. The summed E-state index contributed by atoms with van der Waals surface area (Å²) in [5, 5.41) is 5.12. The van der Waals surface area contributed by atoms with Crippen molar-refractivity contribution in [2.45, 2.75) is 9.79 Å². The van der Waals surface area contributed by atoms with Crippen LogP contribution in [0.15, 0.2) is 52.3 Å². The maximum absolute atomic E-state index is 12.8. The molecule has 2 aromatic rings. The Morgan fingerprint density at radius 3 is 2.53 bits per heavy atom. The van der Waals surface area contributed by atoms with Crippen LogP contribution in [0, 0.1) is 0 Å². The molecule has 3 N–H and O–H groups in total. The highest BCUT2D eigenvalue weighted by Crippen LogP contribution is 2.26. The van der Waals surface area contributed by atoms with Crippen LogP contribution in [-0.4, -0.2) is 66.7 Å². The number of benzene rings is 2. The number of hydrogen-bond acceptors (Lipinski definition) is 7. The van der Waals surface area contributed by atoms with Gasteiger partial charge in [-0.15, -0.1) is 0 Å². The van der Waals surface area contributed by atoms with Gasteiger partial charge in [-0.3, -0.25) is 9.59 Å². The smallest absolute Gasteiger partial charge is 0.255 e. The van der Waals surface area contributed by atoms with E-state index in [1.54, 1.807) is 0 Å². The Morgan fingerprint density at radius 2 is 1.88 bits per heavy atom. The molecule has 1 aliphatic heterocycles. The first kappa shape index (κ1) is 23.7. The predicted octanol–water partition coefficient (Wildman–Crippen LogP) is -0.0239. The second-order valence-corrected chi connectivity index (χ2v) is 10.5. The molecule has 13 heteroatoms. The number of hydrogen-bond donors (Lipinski definition) is 3. The normalized spacial score (nSPS) is 15.1. The molecule has 0 saturated carbocycles. The first-order valence-corrected chi connectivity index (χ1v) is 12.3. The largest absolute Gasteiger partial charge is 0.495 e. The average molecular weight is 483 g/mol. The molecule has 11 nitrogen and oxygen atoms in total. The van der Waals surface area contributed by atoms with Crippen molar-refractivity contribution in [3.63, 3.8) is 0 Å². The Morgan fingerprint density at radius 1 is 1.12 bits per heavy atom. The highest BCUT2D eigenvalue weighted by atomic mass is 32.2. The summed E-state index contributed by atoms with van der Waals surface area (Å²) in [7, 11) is -5.28. The van der Waals surface area contributed by atoms with Crippen LogP contribution in [0.5, 0.6) is 5.75 Å². The number of piperazine rings is 1. The Bertz CT molecular complexity index is 1260. The molecule has 0 bridgehead atoms. The van der Waals surface area contributed by atoms with Gasteiger partial charge in [-0.05, 0) is 43.4 Å². The number of carbonyl (C=O) groups is 2. The van der Waals surface area contributed by atoms with E-state index in [0.29, 0.717) is 0 Å². The summed E-state index contributed by atoms with van der Waals surface area (Å²) in [6.07, 6.45) is 0. The molecule has 1 saturated heterocycles. The second kappa shape index (κ2) is 9.24. The summed E-state index contributed by atoms with van der Waals surface area (Å²) in [6, 6.07) is 9.48. The van der Waals surface area contributed by atoms with Crippen molar-refractivity contribution in [2.75, 3.05) is 39.1 Å². The molecule has 0 radical (unpaired) electrons. The van der Waals surface area contributed by atoms with Gasteiger partial charge in [0.2, 0.25) is 26.0 Å². The zero-order valence-corrected chi connectivity index (χ0v) is 18.9. The van der Waals surface area contributed by atoms with Crippen molar-refractivity contribution < 1.29 is 31.2 Å². The van der Waals surface area contributed by atoms with E-state index in [1.165, 1.54) is 50.6 Å². The Kier molecular flexibility index (Phi) is 6.83. The lowest BCUT2D eigenvalue weighted by Crippen LogP contribution is -2.49. The van der Waals surface area contributed by atoms with Crippen LogP contribution in [-0.2, 0) is 24.8 Å². The van der Waals surface area contributed by atoms with Crippen LogP contribution in [0.3, 0.4) is 0 Å². The molecule has 1 heterocycles. The second-order valence-electron chi connectivity index (χ2n) is 6.74. The van der Waals surface area contributed by atoms with E-state index in [9.17, 15) is 26.4 Å². The van der Waals surface area contributed by atoms with Crippen LogP contribution in [0.4, 0.5) is 5.69 Å². The van der Waals surface area contributed by atoms with Crippen LogP contribution in [0.2, 0.25) is 0 Å². The number of methoxy groups -OCH3 is 1. The number of anilines is 1. The standard InChI is InChI=1S/C19H22N4O7S2/c1-20-31(26,27)17-10-13(6-7-16(17)30-2)19(25)22-14-4-3-5-15(11-14)32(28,29)23-9-8-21-18(24)12-23/h3-7,10-11,20H,8-9,12H2,1-2H3,(H,21,24)(H,22,25). The van der Waals surface area contributed by atoms with Crippen LogP contribution in [0.1, 0.15) is 10.4 Å². The van der Waals surface area contributed by atoms with E-state index in [-0.39, 0.29) is 46.4 Å². The molecule has 172 valence electrons. The summed E-state index contributed by atoms with van der Waals surface area (Å²) < 4.78 is 58.4. The topological polar surface area (TPSA) is 151 Å². The van der Waals surface area contributed by atoms with Gasteiger partial charge in [0.1, 0.15) is 10.6 Å². The fourth-order valence-corrected chi connectivity index (χ4v) is 5.41. The van der Waals surface area contributed by atoms with Crippen LogP contribution >= 0.6 is 0 Å². The number of sulfonamides is 2. The molecule has 2 amide bonds. The third-order valence-corrected chi connectivity index (χ3v) is 7.99. The fraction of sp³-hybridized carbons (Fsp3) is 0.263. The monoisotopic (exact) mass is 482 g/mol. The third kappa shape index (κ3) is 4.91. The number of rotatable bonds is 7. The van der Waals surface area contributed by atoms with Gasteiger partial charge in [-0.2, -0.15) is 4.31 Å².